The average molecular weight is 416 g/mol. The van der Waals surface area contributed by atoms with E-state index in [0.29, 0.717) is 0 Å². The molecule has 0 atom stereocenters. The smallest absolute Gasteiger partial charge is 0.309 e. The minimum atomic E-state index is -0.160. The zero-order valence-electron chi connectivity index (χ0n) is 19.7. The molecular weight excluding hydrogens is 370 g/mol. The van der Waals surface area contributed by atoms with Gasteiger partial charge in [-0.25, -0.2) is 0 Å². The molecule has 3 aliphatic carbocycles. The van der Waals surface area contributed by atoms with E-state index in [9.17, 15) is 10.1 Å². The third-order valence-electron chi connectivity index (χ3n) is 8.91. The van der Waals surface area contributed by atoms with Crippen molar-refractivity contribution < 1.29 is 9.53 Å². The van der Waals surface area contributed by atoms with Crippen molar-refractivity contribution in [2.45, 2.75) is 129 Å². The maximum Gasteiger partial charge on any atom is 0.309 e. The molecule has 0 spiro atoms. The van der Waals surface area contributed by atoms with Gasteiger partial charge >= 0.3 is 5.97 Å². The molecule has 170 valence electrons. The molecule has 3 rings (SSSR count). The Kier molecular flexibility index (Phi) is 9.09. The van der Waals surface area contributed by atoms with Crippen LogP contribution in [0.5, 0.6) is 0 Å². The van der Waals surface area contributed by atoms with Crippen LogP contribution in [0, 0.1) is 40.4 Å². The van der Waals surface area contributed by atoms with Crippen molar-refractivity contribution in [1.82, 2.24) is 0 Å². The number of nitrogens with zero attached hydrogens (tertiary/aromatic N) is 1. The molecule has 0 aromatic carbocycles. The summed E-state index contributed by atoms with van der Waals surface area (Å²) in [6, 6.07) is 2.62. The van der Waals surface area contributed by atoms with Crippen molar-refractivity contribution in [3.05, 3.63) is 0 Å². The molecule has 0 aromatic rings. The molecule has 0 heterocycles. The van der Waals surface area contributed by atoms with E-state index in [0.717, 1.165) is 69.1 Å². The lowest BCUT2D eigenvalue weighted by atomic mass is 9.69. The van der Waals surface area contributed by atoms with E-state index < -0.39 is 0 Å². The Bertz CT molecular complexity index is 556. The number of hydrogen-bond donors (Lipinski definition) is 0. The summed E-state index contributed by atoms with van der Waals surface area (Å²) < 4.78 is 5.96. The minimum Gasteiger partial charge on any atom is -0.462 e. The number of esters is 1. The Morgan fingerprint density at radius 2 is 1.50 bits per heavy atom. The summed E-state index contributed by atoms with van der Waals surface area (Å²) in [4.78, 5) is 12.8. The molecule has 0 aromatic heterocycles. The van der Waals surface area contributed by atoms with Gasteiger partial charge in [-0.05, 0) is 88.4 Å². The maximum atomic E-state index is 12.8. The summed E-state index contributed by atoms with van der Waals surface area (Å²) in [5.74, 6) is 2.91. The third kappa shape index (κ3) is 6.24. The first-order valence-corrected chi connectivity index (χ1v) is 13.2. The first kappa shape index (κ1) is 23.6. The number of ether oxygens (including phenoxy) is 1. The van der Waals surface area contributed by atoms with Crippen LogP contribution in [0.25, 0.3) is 0 Å². The summed E-state index contributed by atoms with van der Waals surface area (Å²) in [7, 11) is 0. The van der Waals surface area contributed by atoms with E-state index in [-0.39, 0.29) is 23.4 Å². The summed E-state index contributed by atoms with van der Waals surface area (Å²) in [5.41, 5.74) is -0.160. The molecule has 0 unspecified atom stereocenters. The number of rotatable bonds is 8. The number of unbranched alkanes of at least 4 members (excludes halogenated alkanes) is 2. The molecule has 3 fully saturated rings. The molecule has 0 aliphatic heterocycles. The molecular formula is C27H45NO2. The molecule has 0 amide bonds. The van der Waals surface area contributed by atoms with Gasteiger partial charge in [0.25, 0.3) is 0 Å². The lowest BCUT2D eigenvalue weighted by molar-refractivity contribution is -0.158. The molecule has 30 heavy (non-hydrogen) atoms. The molecule has 3 aliphatic rings. The lowest BCUT2D eigenvalue weighted by Gasteiger charge is -2.38. The van der Waals surface area contributed by atoms with Crippen LogP contribution < -0.4 is 0 Å². The lowest BCUT2D eigenvalue weighted by Crippen LogP contribution is -2.34. The minimum absolute atomic E-state index is 0.0483. The quantitative estimate of drug-likeness (QED) is 0.303. The van der Waals surface area contributed by atoms with E-state index in [1.54, 1.807) is 0 Å². The van der Waals surface area contributed by atoms with Crippen LogP contribution in [0.1, 0.15) is 123 Å². The van der Waals surface area contributed by atoms with Crippen LogP contribution >= 0.6 is 0 Å². The molecule has 0 bridgehead atoms. The van der Waals surface area contributed by atoms with Gasteiger partial charge in [-0.1, -0.05) is 52.4 Å². The summed E-state index contributed by atoms with van der Waals surface area (Å²) in [6.07, 6.45) is 19.7. The first-order chi connectivity index (χ1) is 14.6. The van der Waals surface area contributed by atoms with Crippen LogP contribution in [0.2, 0.25) is 0 Å². The van der Waals surface area contributed by atoms with E-state index in [1.165, 1.54) is 57.8 Å². The van der Waals surface area contributed by atoms with Crippen molar-refractivity contribution in [3.63, 3.8) is 0 Å². The normalized spacial score (nSPS) is 37.3. The van der Waals surface area contributed by atoms with Gasteiger partial charge in [-0.3, -0.25) is 4.79 Å². The Hall–Kier alpha value is -1.04. The van der Waals surface area contributed by atoms with E-state index >= 15 is 0 Å². The fourth-order valence-electron chi connectivity index (χ4n) is 6.55. The van der Waals surface area contributed by atoms with E-state index in [1.807, 2.05) is 0 Å². The second kappa shape index (κ2) is 11.5. The summed E-state index contributed by atoms with van der Waals surface area (Å²) >= 11 is 0. The molecule has 0 N–H and O–H groups in total. The van der Waals surface area contributed by atoms with Crippen molar-refractivity contribution in [2.75, 3.05) is 0 Å². The van der Waals surface area contributed by atoms with Crippen molar-refractivity contribution in [2.24, 2.45) is 29.1 Å². The number of nitriles is 1. The highest BCUT2D eigenvalue weighted by Gasteiger charge is 2.38. The van der Waals surface area contributed by atoms with Crippen molar-refractivity contribution in [3.8, 4) is 6.07 Å². The topological polar surface area (TPSA) is 50.1 Å². The third-order valence-corrected chi connectivity index (χ3v) is 8.91. The predicted octanol–water partition coefficient (Wildman–Crippen LogP) is 7.59. The number of carbonyl (C=O) groups is 1. The van der Waals surface area contributed by atoms with Gasteiger partial charge in [0.15, 0.2) is 0 Å². The summed E-state index contributed by atoms with van der Waals surface area (Å²) in [5, 5.41) is 9.72. The Morgan fingerprint density at radius 3 is 2.03 bits per heavy atom. The Morgan fingerprint density at radius 1 is 0.900 bits per heavy atom. The highest BCUT2D eigenvalue weighted by Crippen LogP contribution is 2.43. The SMILES string of the molecule is CCCCCC1(C#N)CCC(OC(=O)C2CCC(C3CCC(CC)CC3)CC2)CC1. The monoisotopic (exact) mass is 415 g/mol. The van der Waals surface area contributed by atoms with E-state index in [2.05, 4.69) is 19.9 Å². The largest absolute Gasteiger partial charge is 0.462 e. The van der Waals surface area contributed by atoms with Crippen LogP contribution in [-0.2, 0) is 9.53 Å². The zero-order chi connectivity index (χ0) is 21.4. The van der Waals surface area contributed by atoms with Crippen LogP contribution in [0.3, 0.4) is 0 Å². The Balaban J connectivity index is 1.37. The van der Waals surface area contributed by atoms with Gasteiger partial charge in [-0.15, -0.1) is 0 Å². The van der Waals surface area contributed by atoms with Crippen molar-refractivity contribution in [1.29, 1.82) is 5.26 Å². The number of hydrogen-bond acceptors (Lipinski definition) is 3. The molecule has 3 nitrogen and oxygen atoms in total. The van der Waals surface area contributed by atoms with Gasteiger partial charge in [0.05, 0.1) is 17.4 Å². The van der Waals surface area contributed by atoms with Gasteiger partial charge in [-0.2, -0.15) is 5.26 Å². The summed E-state index contributed by atoms with van der Waals surface area (Å²) in [6.45, 7) is 4.54. The molecule has 3 heteroatoms. The molecule has 0 saturated heterocycles. The second-order valence-corrected chi connectivity index (χ2v) is 10.8. The predicted molar refractivity (Wildman–Crippen MR) is 122 cm³/mol. The van der Waals surface area contributed by atoms with Crippen LogP contribution in [0.15, 0.2) is 0 Å². The zero-order valence-corrected chi connectivity index (χ0v) is 19.7. The van der Waals surface area contributed by atoms with Gasteiger partial charge < -0.3 is 4.74 Å². The van der Waals surface area contributed by atoms with Crippen LogP contribution in [0.4, 0.5) is 0 Å². The molecule has 0 radical (unpaired) electrons. The van der Waals surface area contributed by atoms with Gasteiger partial charge in [0.2, 0.25) is 0 Å². The van der Waals surface area contributed by atoms with Gasteiger partial charge in [0, 0.05) is 0 Å². The Labute approximate surface area is 185 Å². The standard InChI is InChI=1S/C27H45NO2/c1-3-5-6-17-27(20-28)18-15-25(16-19-27)30-26(29)24-13-11-23(12-14-24)22-9-7-21(4-2)8-10-22/h21-25H,3-19H2,1-2H3. The fraction of sp³-hybridized carbons (Fsp3) is 0.926. The maximum absolute atomic E-state index is 12.8. The second-order valence-electron chi connectivity index (χ2n) is 10.8. The van der Waals surface area contributed by atoms with Crippen LogP contribution in [-0.4, -0.2) is 12.1 Å². The fourth-order valence-corrected chi connectivity index (χ4v) is 6.55. The average Bonchev–Trinajstić information content (AvgIpc) is 2.80. The van der Waals surface area contributed by atoms with Gasteiger partial charge in [0.1, 0.15) is 6.10 Å². The highest BCUT2D eigenvalue weighted by molar-refractivity contribution is 5.72. The molecule has 3 saturated carbocycles. The first-order valence-electron chi connectivity index (χ1n) is 13.2. The number of carbonyl (C=O) groups excluding carboxylic acids is 1. The van der Waals surface area contributed by atoms with Crippen molar-refractivity contribution >= 4 is 5.97 Å². The van der Waals surface area contributed by atoms with E-state index in [4.69, 9.17) is 4.74 Å². The highest BCUT2D eigenvalue weighted by atomic mass is 16.5.